The summed E-state index contributed by atoms with van der Waals surface area (Å²) in [5.41, 5.74) is 2.46. The molecule has 0 fully saturated rings. The summed E-state index contributed by atoms with van der Waals surface area (Å²) >= 11 is 2.21. The molecule has 0 aliphatic heterocycles. The van der Waals surface area contributed by atoms with Crippen LogP contribution in [0.2, 0.25) is 0 Å². The van der Waals surface area contributed by atoms with Crippen molar-refractivity contribution in [3.05, 3.63) is 105 Å². The standard InChI is InChI=1S/C21H17IN2O2/c22-19-13-7-8-16(14-19)15-23-24-20(25)21(26,17-9-3-1-4-10-17)18-11-5-2-6-12-18/h1-15,26H,(H,24,25)/b23-15+. The van der Waals surface area contributed by atoms with Crippen LogP contribution in [-0.2, 0) is 10.4 Å². The second-order valence-corrected chi connectivity index (χ2v) is 6.94. The van der Waals surface area contributed by atoms with Gasteiger partial charge in [-0.15, -0.1) is 0 Å². The molecular formula is C21H17IN2O2. The highest BCUT2D eigenvalue weighted by molar-refractivity contribution is 14.1. The fourth-order valence-corrected chi connectivity index (χ4v) is 3.19. The average Bonchev–Trinajstić information content (AvgIpc) is 2.68. The summed E-state index contributed by atoms with van der Waals surface area (Å²) in [6.45, 7) is 0. The number of carbonyl (C=O) groups is 1. The molecular weight excluding hydrogens is 439 g/mol. The molecule has 0 unspecified atom stereocenters. The molecule has 0 aliphatic carbocycles. The quantitative estimate of drug-likeness (QED) is 0.350. The zero-order valence-electron chi connectivity index (χ0n) is 13.8. The Bertz CT molecular complexity index is 872. The van der Waals surface area contributed by atoms with Crippen LogP contribution in [0.4, 0.5) is 0 Å². The van der Waals surface area contributed by atoms with Crippen LogP contribution in [0.15, 0.2) is 90.0 Å². The van der Waals surface area contributed by atoms with E-state index in [9.17, 15) is 9.90 Å². The Kier molecular flexibility index (Phi) is 5.80. The predicted octanol–water partition coefficient (Wildman–Crippen LogP) is 3.68. The van der Waals surface area contributed by atoms with Crippen LogP contribution >= 0.6 is 22.6 Å². The Labute approximate surface area is 165 Å². The number of nitrogens with one attached hydrogen (secondary N) is 1. The lowest BCUT2D eigenvalue weighted by atomic mass is 9.85. The molecule has 5 heteroatoms. The molecule has 2 N–H and O–H groups in total. The maximum Gasteiger partial charge on any atom is 0.281 e. The number of carbonyl (C=O) groups excluding carboxylic acids is 1. The zero-order valence-corrected chi connectivity index (χ0v) is 16.0. The van der Waals surface area contributed by atoms with Gasteiger partial charge in [0.05, 0.1) is 6.21 Å². The fourth-order valence-electron chi connectivity index (χ4n) is 2.62. The lowest BCUT2D eigenvalue weighted by Crippen LogP contribution is -2.43. The highest BCUT2D eigenvalue weighted by atomic mass is 127. The van der Waals surface area contributed by atoms with Crippen molar-refractivity contribution < 1.29 is 9.90 Å². The first-order chi connectivity index (χ1) is 12.6. The van der Waals surface area contributed by atoms with E-state index in [0.717, 1.165) is 9.13 Å². The highest BCUT2D eigenvalue weighted by Crippen LogP contribution is 2.29. The molecule has 3 aromatic rings. The van der Waals surface area contributed by atoms with Gasteiger partial charge >= 0.3 is 0 Å². The predicted molar refractivity (Wildman–Crippen MR) is 111 cm³/mol. The number of halogens is 1. The number of benzene rings is 3. The zero-order chi connectivity index (χ0) is 18.4. The molecule has 4 nitrogen and oxygen atoms in total. The SMILES string of the molecule is O=C(N/N=C/c1cccc(I)c1)C(O)(c1ccccc1)c1ccccc1. The molecule has 3 rings (SSSR count). The van der Waals surface area contributed by atoms with Gasteiger partial charge < -0.3 is 5.11 Å². The number of rotatable bonds is 5. The topological polar surface area (TPSA) is 61.7 Å². The van der Waals surface area contributed by atoms with Gasteiger partial charge in [-0.2, -0.15) is 5.10 Å². The van der Waals surface area contributed by atoms with E-state index in [-0.39, 0.29) is 0 Å². The molecule has 0 spiro atoms. The summed E-state index contributed by atoms with van der Waals surface area (Å²) < 4.78 is 1.07. The molecule has 130 valence electrons. The van der Waals surface area contributed by atoms with Crippen molar-refractivity contribution in [2.75, 3.05) is 0 Å². The van der Waals surface area contributed by atoms with Gasteiger partial charge in [0.2, 0.25) is 0 Å². The maximum atomic E-state index is 12.8. The Morgan fingerprint density at radius 2 is 1.50 bits per heavy atom. The fraction of sp³-hybridized carbons (Fsp3) is 0.0476. The Hall–Kier alpha value is -2.51. The van der Waals surface area contributed by atoms with E-state index in [2.05, 4.69) is 33.1 Å². The second-order valence-electron chi connectivity index (χ2n) is 5.70. The summed E-state index contributed by atoms with van der Waals surface area (Å²) in [6, 6.07) is 25.4. The first-order valence-corrected chi connectivity index (χ1v) is 9.11. The molecule has 26 heavy (non-hydrogen) atoms. The van der Waals surface area contributed by atoms with E-state index >= 15 is 0 Å². The van der Waals surface area contributed by atoms with Crippen molar-refractivity contribution >= 4 is 34.7 Å². The number of hydrazone groups is 1. The van der Waals surface area contributed by atoms with Crippen molar-refractivity contribution in [1.82, 2.24) is 5.43 Å². The molecule has 0 heterocycles. The van der Waals surface area contributed by atoms with Crippen molar-refractivity contribution in [2.24, 2.45) is 5.10 Å². The van der Waals surface area contributed by atoms with Crippen LogP contribution in [0, 0.1) is 3.57 Å². The monoisotopic (exact) mass is 456 g/mol. The molecule has 0 saturated carbocycles. The Morgan fingerprint density at radius 3 is 2.04 bits per heavy atom. The minimum Gasteiger partial charge on any atom is -0.372 e. The lowest BCUT2D eigenvalue weighted by molar-refractivity contribution is -0.136. The first-order valence-electron chi connectivity index (χ1n) is 8.03. The van der Waals surface area contributed by atoms with E-state index in [1.807, 2.05) is 36.4 Å². The van der Waals surface area contributed by atoms with Gasteiger partial charge in [-0.1, -0.05) is 72.8 Å². The summed E-state index contributed by atoms with van der Waals surface area (Å²) in [7, 11) is 0. The number of amides is 1. The maximum absolute atomic E-state index is 12.8. The molecule has 0 aliphatic rings. The second kappa shape index (κ2) is 8.25. The summed E-state index contributed by atoms with van der Waals surface area (Å²) in [5.74, 6) is -0.614. The van der Waals surface area contributed by atoms with Crippen LogP contribution in [0.1, 0.15) is 16.7 Å². The molecule has 0 radical (unpaired) electrons. The normalized spacial score (nSPS) is 11.5. The molecule has 0 bridgehead atoms. The van der Waals surface area contributed by atoms with Crippen LogP contribution in [0.25, 0.3) is 0 Å². The van der Waals surface area contributed by atoms with Crippen LogP contribution < -0.4 is 5.43 Å². The minimum absolute atomic E-state index is 0.480. The van der Waals surface area contributed by atoms with E-state index in [0.29, 0.717) is 11.1 Å². The van der Waals surface area contributed by atoms with Gasteiger partial charge in [-0.05, 0) is 51.4 Å². The number of nitrogens with zero attached hydrogens (tertiary/aromatic N) is 1. The van der Waals surface area contributed by atoms with E-state index < -0.39 is 11.5 Å². The average molecular weight is 456 g/mol. The molecule has 0 aromatic heterocycles. The molecule has 0 saturated heterocycles. The third-order valence-electron chi connectivity index (χ3n) is 3.94. The Morgan fingerprint density at radius 1 is 0.923 bits per heavy atom. The van der Waals surface area contributed by atoms with Crippen LogP contribution in [0.5, 0.6) is 0 Å². The van der Waals surface area contributed by atoms with Crippen molar-refractivity contribution in [2.45, 2.75) is 5.60 Å². The summed E-state index contributed by atoms with van der Waals surface area (Å²) in [4.78, 5) is 12.8. The minimum atomic E-state index is -1.83. The van der Waals surface area contributed by atoms with Gasteiger partial charge in [0.25, 0.3) is 5.91 Å². The highest BCUT2D eigenvalue weighted by Gasteiger charge is 2.39. The number of aliphatic hydroxyl groups is 1. The molecule has 0 atom stereocenters. The summed E-state index contributed by atoms with van der Waals surface area (Å²) in [5, 5.41) is 15.3. The lowest BCUT2D eigenvalue weighted by Gasteiger charge is -2.27. The van der Waals surface area contributed by atoms with Crippen LogP contribution in [0.3, 0.4) is 0 Å². The van der Waals surface area contributed by atoms with Gasteiger partial charge in [0.1, 0.15) is 0 Å². The number of hydrogen-bond acceptors (Lipinski definition) is 3. The van der Waals surface area contributed by atoms with E-state index in [4.69, 9.17) is 0 Å². The van der Waals surface area contributed by atoms with E-state index in [1.54, 1.807) is 54.7 Å². The van der Waals surface area contributed by atoms with Gasteiger partial charge in [0.15, 0.2) is 5.60 Å². The molecule has 3 aromatic carbocycles. The van der Waals surface area contributed by atoms with Gasteiger partial charge in [0, 0.05) is 3.57 Å². The van der Waals surface area contributed by atoms with Gasteiger partial charge in [-0.25, -0.2) is 5.43 Å². The third kappa shape index (κ3) is 4.00. The Balaban J connectivity index is 1.89. The largest absolute Gasteiger partial charge is 0.372 e. The summed E-state index contributed by atoms with van der Waals surface area (Å²) in [6.07, 6.45) is 1.55. The number of hydrogen-bond donors (Lipinski definition) is 2. The van der Waals surface area contributed by atoms with Gasteiger partial charge in [-0.3, -0.25) is 4.79 Å². The molecule has 1 amide bonds. The smallest absolute Gasteiger partial charge is 0.281 e. The van der Waals surface area contributed by atoms with Crippen molar-refractivity contribution in [3.63, 3.8) is 0 Å². The van der Waals surface area contributed by atoms with E-state index in [1.165, 1.54) is 0 Å². The van der Waals surface area contributed by atoms with Crippen LogP contribution in [-0.4, -0.2) is 17.2 Å². The first kappa shape index (κ1) is 18.3. The van der Waals surface area contributed by atoms with Crippen molar-refractivity contribution in [3.8, 4) is 0 Å². The van der Waals surface area contributed by atoms with Crippen molar-refractivity contribution in [1.29, 1.82) is 0 Å². The third-order valence-corrected chi connectivity index (χ3v) is 4.61.